The zero-order chi connectivity index (χ0) is 15.5. The second kappa shape index (κ2) is 6.52. The minimum absolute atomic E-state index is 0.384. The number of carbonyl (C=O) groups is 1. The summed E-state index contributed by atoms with van der Waals surface area (Å²) in [7, 11) is 0. The van der Waals surface area contributed by atoms with E-state index in [2.05, 4.69) is 18.4 Å². The van der Waals surface area contributed by atoms with E-state index in [1.165, 1.54) is 5.56 Å². The molecular weight excluding hydrogens is 284 g/mol. The molecule has 0 bridgehead atoms. The molecule has 5 heteroatoms. The van der Waals surface area contributed by atoms with Crippen LogP contribution in [0.1, 0.15) is 32.3 Å². The van der Waals surface area contributed by atoms with Gasteiger partial charge in [-0.3, -0.25) is 0 Å². The standard InChI is InChI=1S/C16H22N2O2S/c1-16(2,20-15(17)19)10-11-8-12-6-4-5-7-13(12)18-14(9-11)21-3/h4-7,11H,8-10H2,1-3H3,(H2,17,19). The first kappa shape index (κ1) is 15.9. The molecule has 1 aromatic rings. The highest BCUT2D eigenvalue weighted by Crippen LogP contribution is 2.34. The van der Waals surface area contributed by atoms with Crippen molar-refractivity contribution < 1.29 is 9.53 Å². The fraction of sp³-hybridized carbons (Fsp3) is 0.500. The van der Waals surface area contributed by atoms with Crippen LogP contribution in [0.15, 0.2) is 29.3 Å². The first-order valence-corrected chi connectivity index (χ1v) is 8.30. The summed E-state index contributed by atoms with van der Waals surface area (Å²) in [6.07, 6.45) is 3.95. The van der Waals surface area contributed by atoms with Crippen LogP contribution in [0.5, 0.6) is 0 Å². The van der Waals surface area contributed by atoms with Gasteiger partial charge < -0.3 is 10.5 Å². The summed E-state index contributed by atoms with van der Waals surface area (Å²) in [6, 6.07) is 8.23. The van der Waals surface area contributed by atoms with Crippen LogP contribution in [-0.2, 0) is 11.2 Å². The number of fused-ring (bicyclic) bond motifs is 1. The summed E-state index contributed by atoms with van der Waals surface area (Å²) < 4.78 is 5.23. The Kier molecular flexibility index (Phi) is 4.93. The van der Waals surface area contributed by atoms with Gasteiger partial charge in [0.1, 0.15) is 5.60 Å². The van der Waals surface area contributed by atoms with Gasteiger partial charge in [-0.1, -0.05) is 18.2 Å². The van der Waals surface area contributed by atoms with Gasteiger partial charge in [-0.2, -0.15) is 0 Å². The maximum absolute atomic E-state index is 11.0. The molecule has 1 aliphatic rings. The van der Waals surface area contributed by atoms with Crippen molar-refractivity contribution in [2.45, 2.75) is 38.7 Å². The fourth-order valence-corrected chi connectivity index (χ4v) is 3.48. The lowest BCUT2D eigenvalue weighted by Crippen LogP contribution is -2.34. The molecule has 114 valence electrons. The molecule has 0 saturated heterocycles. The first-order valence-electron chi connectivity index (χ1n) is 7.07. The Labute approximate surface area is 130 Å². The molecule has 2 rings (SSSR count). The van der Waals surface area contributed by atoms with Crippen molar-refractivity contribution in [2.24, 2.45) is 16.6 Å². The second-order valence-corrected chi connectivity index (χ2v) is 6.88. The number of nitrogens with zero attached hydrogens (tertiary/aromatic N) is 1. The third kappa shape index (κ3) is 4.49. The van der Waals surface area contributed by atoms with Crippen molar-refractivity contribution in [2.75, 3.05) is 6.26 Å². The van der Waals surface area contributed by atoms with E-state index in [-0.39, 0.29) is 0 Å². The molecule has 0 aliphatic carbocycles. The topological polar surface area (TPSA) is 64.7 Å². The van der Waals surface area contributed by atoms with Gasteiger partial charge in [0.2, 0.25) is 0 Å². The molecule has 1 unspecified atom stereocenters. The van der Waals surface area contributed by atoms with Gasteiger partial charge in [0.25, 0.3) is 0 Å². The molecule has 1 atom stereocenters. The zero-order valence-electron chi connectivity index (χ0n) is 12.8. The van der Waals surface area contributed by atoms with E-state index in [1.807, 2.05) is 26.0 Å². The van der Waals surface area contributed by atoms with Crippen molar-refractivity contribution >= 4 is 28.6 Å². The van der Waals surface area contributed by atoms with Gasteiger partial charge >= 0.3 is 6.09 Å². The highest BCUT2D eigenvalue weighted by Gasteiger charge is 2.29. The quantitative estimate of drug-likeness (QED) is 0.921. The SMILES string of the molecule is CSC1=Nc2ccccc2CC(CC(C)(C)OC(N)=O)C1. The first-order chi connectivity index (χ1) is 9.89. The molecule has 0 saturated carbocycles. The average molecular weight is 306 g/mol. The summed E-state index contributed by atoms with van der Waals surface area (Å²) >= 11 is 1.68. The summed E-state index contributed by atoms with van der Waals surface area (Å²) in [4.78, 5) is 15.8. The van der Waals surface area contributed by atoms with E-state index in [0.717, 1.165) is 30.0 Å². The van der Waals surface area contributed by atoms with E-state index in [9.17, 15) is 4.79 Å². The predicted molar refractivity (Wildman–Crippen MR) is 88.2 cm³/mol. The highest BCUT2D eigenvalue weighted by molar-refractivity contribution is 8.13. The van der Waals surface area contributed by atoms with Crippen molar-refractivity contribution in [1.82, 2.24) is 0 Å². The van der Waals surface area contributed by atoms with Crippen molar-refractivity contribution in [3.63, 3.8) is 0 Å². The van der Waals surface area contributed by atoms with Crippen LogP contribution in [0.25, 0.3) is 0 Å². The third-order valence-corrected chi connectivity index (χ3v) is 4.33. The van der Waals surface area contributed by atoms with Crippen molar-refractivity contribution in [3.05, 3.63) is 29.8 Å². The Balaban J connectivity index is 2.19. The number of aliphatic imine (C=N–C) groups is 1. The Hall–Kier alpha value is -1.49. The monoisotopic (exact) mass is 306 g/mol. The van der Waals surface area contributed by atoms with Gasteiger partial charge in [-0.15, -0.1) is 11.8 Å². The van der Waals surface area contributed by atoms with Crippen LogP contribution in [-0.4, -0.2) is 23.0 Å². The number of rotatable bonds is 3. The van der Waals surface area contributed by atoms with E-state index in [0.29, 0.717) is 5.92 Å². The van der Waals surface area contributed by atoms with E-state index < -0.39 is 11.7 Å². The maximum atomic E-state index is 11.0. The van der Waals surface area contributed by atoms with Gasteiger partial charge in [0, 0.05) is 0 Å². The smallest absolute Gasteiger partial charge is 0.405 e. The third-order valence-electron chi connectivity index (χ3n) is 3.60. The normalized spacial score (nSPS) is 18.4. The second-order valence-electron chi connectivity index (χ2n) is 6.00. The minimum atomic E-state index is -0.715. The zero-order valence-corrected chi connectivity index (χ0v) is 13.6. The van der Waals surface area contributed by atoms with E-state index >= 15 is 0 Å². The number of hydrogen-bond acceptors (Lipinski definition) is 4. The summed E-state index contributed by atoms with van der Waals surface area (Å²) in [6.45, 7) is 3.81. The molecule has 1 aliphatic heterocycles. The van der Waals surface area contributed by atoms with E-state index in [1.54, 1.807) is 11.8 Å². The Morgan fingerprint density at radius 3 is 2.81 bits per heavy atom. The number of nitrogens with two attached hydrogens (primary N) is 1. The summed E-state index contributed by atoms with van der Waals surface area (Å²) in [5, 5.41) is 1.12. The van der Waals surface area contributed by atoms with Gasteiger partial charge in [0.05, 0.1) is 10.7 Å². The fourth-order valence-electron chi connectivity index (χ4n) is 2.89. The molecule has 1 aromatic carbocycles. The lowest BCUT2D eigenvalue weighted by Gasteiger charge is -2.28. The number of ether oxygens (including phenoxy) is 1. The lowest BCUT2D eigenvalue weighted by atomic mass is 9.86. The van der Waals surface area contributed by atoms with Crippen molar-refractivity contribution in [3.8, 4) is 0 Å². The molecular formula is C16H22N2O2S. The summed E-state index contributed by atoms with van der Waals surface area (Å²) in [5.41, 5.74) is 6.90. The number of amides is 1. The Morgan fingerprint density at radius 2 is 2.14 bits per heavy atom. The molecule has 0 aromatic heterocycles. The number of para-hydroxylation sites is 1. The van der Waals surface area contributed by atoms with Crippen molar-refractivity contribution in [1.29, 1.82) is 0 Å². The van der Waals surface area contributed by atoms with Crippen LogP contribution < -0.4 is 5.73 Å². The molecule has 0 spiro atoms. The van der Waals surface area contributed by atoms with Crippen LogP contribution in [0.4, 0.5) is 10.5 Å². The highest BCUT2D eigenvalue weighted by atomic mass is 32.2. The molecule has 0 radical (unpaired) electrons. The largest absolute Gasteiger partial charge is 0.444 e. The van der Waals surface area contributed by atoms with E-state index in [4.69, 9.17) is 15.5 Å². The van der Waals surface area contributed by atoms with Crippen LogP contribution in [0.3, 0.4) is 0 Å². The number of benzene rings is 1. The van der Waals surface area contributed by atoms with Gasteiger partial charge in [0.15, 0.2) is 0 Å². The van der Waals surface area contributed by atoms with Crippen LogP contribution in [0.2, 0.25) is 0 Å². The van der Waals surface area contributed by atoms with Gasteiger partial charge in [-0.05, 0) is 56.9 Å². The minimum Gasteiger partial charge on any atom is -0.444 e. The average Bonchev–Trinajstić information content (AvgIpc) is 2.54. The number of carbonyl (C=O) groups excluding carboxylic acids is 1. The maximum Gasteiger partial charge on any atom is 0.405 e. The molecule has 21 heavy (non-hydrogen) atoms. The number of primary amides is 1. The molecule has 1 amide bonds. The molecule has 0 fully saturated rings. The van der Waals surface area contributed by atoms with Gasteiger partial charge in [-0.25, -0.2) is 9.79 Å². The van der Waals surface area contributed by atoms with Crippen LogP contribution in [0, 0.1) is 5.92 Å². The Morgan fingerprint density at radius 1 is 1.43 bits per heavy atom. The summed E-state index contributed by atoms with van der Waals surface area (Å²) in [5.74, 6) is 0.384. The predicted octanol–water partition coefficient (Wildman–Crippen LogP) is 3.91. The molecule has 4 nitrogen and oxygen atoms in total. The number of hydrogen-bond donors (Lipinski definition) is 1. The Bertz CT molecular complexity index is 555. The lowest BCUT2D eigenvalue weighted by molar-refractivity contribution is 0.0273. The molecule has 2 N–H and O–H groups in total. The number of thioether (sulfide) groups is 1. The van der Waals surface area contributed by atoms with Crippen LogP contribution >= 0.6 is 11.8 Å². The molecule has 1 heterocycles.